The molecule has 1 aromatic heterocycles. The molecule has 30 heavy (non-hydrogen) atoms. The summed E-state index contributed by atoms with van der Waals surface area (Å²) in [7, 11) is 0. The van der Waals surface area contributed by atoms with E-state index in [1.54, 1.807) is 23.2 Å². The summed E-state index contributed by atoms with van der Waals surface area (Å²) in [6, 6.07) is 14.7. The van der Waals surface area contributed by atoms with Gasteiger partial charge in [-0.2, -0.15) is 0 Å². The first-order chi connectivity index (χ1) is 14.3. The highest BCUT2D eigenvalue weighted by molar-refractivity contribution is 5.81. The SMILES string of the molecule is Cc1ccc(Cc2c(-c3ccc(F)cc3)nc3n2C=CN(C(=O)CN)C3(C)C)cc1. The number of imidazole rings is 1. The maximum Gasteiger partial charge on any atom is 0.241 e. The number of hydrogen-bond acceptors (Lipinski definition) is 3. The minimum atomic E-state index is -0.675. The Balaban J connectivity index is 1.87. The molecule has 0 fully saturated rings. The van der Waals surface area contributed by atoms with Gasteiger partial charge in [0.1, 0.15) is 17.2 Å². The highest BCUT2D eigenvalue weighted by Crippen LogP contribution is 2.37. The lowest BCUT2D eigenvalue weighted by atomic mass is 10.00. The van der Waals surface area contributed by atoms with Crippen molar-refractivity contribution in [3.8, 4) is 11.3 Å². The molecule has 0 bridgehead atoms. The normalized spacial score (nSPS) is 14.6. The fourth-order valence-corrected chi connectivity index (χ4v) is 3.89. The van der Waals surface area contributed by atoms with Crippen molar-refractivity contribution in [3.63, 3.8) is 0 Å². The number of benzene rings is 2. The van der Waals surface area contributed by atoms with Gasteiger partial charge < -0.3 is 15.2 Å². The Morgan fingerprint density at radius 2 is 1.73 bits per heavy atom. The molecule has 3 aromatic rings. The van der Waals surface area contributed by atoms with Gasteiger partial charge in [-0.3, -0.25) is 4.79 Å². The number of hydrogen-bond donors (Lipinski definition) is 1. The number of aromatic nitrogens is 2. The van der Waals surface area contributed by atoms with Crippen LogP contribution in [0.1, 0.15) is 36.5 Å². The van der Waals surface area contributed by atoms with E-state index in [-0.39, 0.29) is 18.3 Å². The third kappa shape index (κ3) is 3.44. The fourth-order valence-electron chi connectivity index (χ4n) is 3.89. The van der Waals surface area contributed by atoms with E-state index in [0.29, 0.717) is 6.42 Å². The number of carbonyl (C=O) groups excluding carboxylic acids is 1. The van der Waals surface area contributed by atoms with Gasteiger partial charge in [-0.05, 0) is 50.6 Å². The van der Waals surface area contributed by atoms with Crippen LogP contribution in [-0.2, 0) is 16.8 Å². The molecule has 2 heterocycles. The molecule has 0 spiro atoms. The zero-order valence-electron chi connectivity index (χ0n) is 17.4. The van der Waals surface area contributed by atoms with Gasteiger partial charge in [-0.25, -0.2) is 9.37 Å². The lowest BCUT2D eigenvalue weighted by Crippen LogP contribution is -2.47. The molecule has 2 aromatic carbocycles. The summed E-state index contributed by atoms with van der Waals surface area (Å²) in [5.41, 5.74) is 9.89. The molecule has 1 aliphatic rings. The van der Waals surface area contributed by atoms with Gasteiger partial charge in [-0.15, -0.1) is 0 Å². The number of fused-ring (bicyclic) bond motifs is 1. The second-order valence-electron chi connectivity index (χ2n) is 8.10. The zero-order valence-corrected chi connectivity index (χ0v) is 17.4. The first-order valence-corrected chi connectivity index (χ1v) is 9.95. The average Bonchev–Trinajstić information content (AvgIpc) is 3.09. The molecule has 1 aliphatic heterocycles. The van der Waals surface area contributed by atoms with Gasteiger partial charge in [-0.1, -0.05) is 29.8 Å². The highest BCUT2D eigenvalue weighted by atomic mass is 19.1. The number of amides is 1. The largest absolute Gasteiger partial charge is 0.322 e. The van der Waals surface area contributed by atoms with Crippen molar-refractivity contribution in [1.29, 1.82) is 0 Å². The first-order valence-electron chi connectivity index (χ1n) is 9.95. The molecule has 0 aliphatic carbocycles. The Morgan fingerprint density at radius 1 is 1.07 bits per heavy atom. The molecule has 4 rings (SSSR count). The number of nitrogens with two attached hydrogens (primary N) is 1. The van der Waals surface area contributed by atoms with Crippen molar-refractivity contribution in [2.45, 2.75) is 32.7 Å². The van der Waals surface area contributed by atoms with E-state index in [9.17, 15) is 9.18 Å². The molecule has 0 saturated heterocycles. The number of nitrogens with zero attached hydrogens (tertiary/aromatic N) is 3. The maximum atomic E-state index is 13.5. The Morgan fingerprint density at radius 3 is 2.37 bits per heavy atom. The van der Waals surface area contributed by atoms with E-state index in [2.05, 4.69) is 31.2 Å². The van der Waals surface area contributed by atoms with Crippen LogP contribution >= 0.6 is 0 Å². The molecule has 0 atom stereocenters. The average molecular weight is 404 g/mol. The minimum absolute atomic E-state index is 0.0739. The van der Waals surface area contributed by atoms with E-state index < -0.39 is 5.54 Å². The summed E-state index contributed by atoms with van der Waals surface area (Å²) in [6.07, 6.45) is 4.28. The second-order valence-corrected chi connectivity index (χ2v) is 8.10. The van der Waals surface area contributed by atoms with Gasteiger partial charge in [0.2, 0.25) is 5.91 Å². The molecule has 0 radical (unpaired) electrons. The molecule has 0 saturated carbocycles. The Kier molecular flexibility index (Phi) is 5.03. The van der Waals surface area contributed by atoms with Crippen molar-refractivity contribution in [2.75, 3.05) is 6.54 Å². The zero-order chi connectivity index (χ0) is 21.5. The lowest BCUT2D eigenvalue weighted by Gasteiger charge is -2.38. The first kappa shape index (κ1) is 20.0. The van der Waals surface area contributed by atoms with Crippen molar-refractivity contribution in [2.24, 2.45) is 5.73 Å². The third-order valence-electron chi connectivity index (χ3n) is 5.58. The maximum absolute atomic E-state index is 13.5. The molecule has 0 unspecified atom stereocenters. The summed E-state index contributed by atoms with van der Waals surface area (Å²) >= 11 is 0. The van der Waals surface area contributed by atoms with E-state index in [1.807, 2.05) is 24.6 Å². The molecule has 5 nitrogen and oxygen atoms in total. The minimum Gasteiger partial charge on any atom is -0.322 e. The van der Waals surface area contributed by atoms with Crippen molar-refractivity contribution in [1.82, 2.24) is 14.5 Å². The van der Waals surface area contributed by atoms with Gasteiger partial charge in [0, 0.05) is 24.4 Å². The third-order valence-corrected chi connectivity index (χ3v) is 5.58. The monoisotopic (exact) mass is 404 g/mol. The fraction of sp³-hybridized carbons (Fsp3) is 0.250. The predicted molar refractivity (Wildman–Crippen MR) is 116 cm³/mol. The van der Waals surface area contributed by atoms with Crippen LogP contribution in [0.5, 0.6) is 0 Å². The van der Waals surface area contributed by atoms with Gasteiger partial charge in [0.15, 0.2) is 0 Å². The quantitative estimate of drug-likeness (QED) is 0.713. The van der Waals surface area contributed by atoms with Gasteiger partial charge in [0.25, 0.3) is 0 Å². The van der Waals surface area contributed by atoms with Crippen LogP contribution in [0.15, 0.2) is 54.7 Å². The Hall–Kier alpha value is -3.25. The van der Waals surface area contributed by atoms with Crippen molar-refractivity contribution >= 4 is 12.1 Å². The summed E-state index contributed by atoms with van der Waals surface area (Å²) in [6.45, 7) is 5.89. The van der Waals surface area contributed by atoms with Gasteiger partial charge >= 0.3 is 0 Å². The number of halogens is 1. The highest BCUT2D eigenvalue weighted by Gasteiger charge is 2.39. The molecule has 6 heteroatoms. The Bertz CT molecular complexity index is 1110. The van der Waals surface area contributed by atoms with Gasteiger partial charge in [0.05, 0.1) is 17.9 Å². The molecule has 154 valence electrons. The summed E-state index contributed by atoms with van der Waals surface area (Å²) in [5.74, 6) is 0.282. The topological polar surface area (TPSA) is 64.2 Å². The van der Waals surface area contributed by atoms with Crippen LogP contribution in [-0.4, -0.2) is 26.9 Å². The second kappa shape index (κ2) is 7.54. The van der Waals surface area contributed by atoms with E-state index in [1.165, 1.54) is 17.7 Å². The van der Waals surface area contributed by atoms with E-state index in [4.69, 9.17) is 10.7 Å². The van der Waals surface area contributed by atoms with Crippen molar-refractivity contribution < 1.29 is 9.18 Å². The van der Waals surface area contributed by atoms with Crippen LogP contribution < -0.4 is 5.73 Å². The van der Waals surface area contributed by atoms with Crippen molar-refractivity contribution in [3.05, 3.63) is 83.2 Å². The molecular formula is C24H25FN4O. The number of aryl methyl sites for hydroxylation is 1. The lowest BCUT2D eigenvalue weighted by molar-refractivity contribution is -0.132. The molecular weight excluding hydrogens is 379 g/mol. The molecule has 2 N–H and O–H groups in total. The summed E-state index contributed by atoms with van der Waals surface area (Å²) < 4.78 is 15.6. The number of carbonyl (C=O) groups is 1. The molecule has 1 amide bonds. The van der Waals surface area contributed by atoms with Crippen LogP contribution in [0, 0.1) is 12.7 Å². The predicted octanol–water partition coefficient (Wildman–Crippen LogP) is 4.05. The summed E-state index contributed by atoms with van der Waals surface area (Å²) in [4.78, 5) is 18.9. The van der Waals surface area contributed by atoms with Crippen LogP contribution in [0.3, 0.4) is 0 Å². The van der Waals surface area contributed by atoms with Crippen LogP contribution in [0.2, 0.25) is 0 Å². The standard InChI is InChI=1S/C24H25FN4O/c1-16-4-6-17(7-5-16)14-20-22(18-8-10-19(25)11-9-18)27-23-24(2,3)29(21(30)15-26)13-12-28(20)23/h4-13H,14-15,26H2,1-3H3. The smallest absolute Gasteiger partial charge is 0.241 e. The van der Waals surface area contributed by atoms with Crippen LogP contribution in [0.25, 0.3) is 17.5 Å². The number of rotatable bonds is 4. The summed E-state index contributed by atoms with van der Waals surface area (Å²) in [5, 5.41) is 0. The van der Waals surface area contributed by atoms with E-state index in [0.717, 1.165) is 28.3 Å². The Labute approximate surface area is 175 Å². The van der Waals surface area contributed by atoms with E-state index >= 15 is 0 Å². The van der Waals surface area contributed by atoms with Crippen LogP contribution in [0.4, 0.5) is 4.39 Å².